The molecule has 0 radical (unpaired) electrons. The highest BCUT2D eigenvalue weighted by Crippen LogP contribution is 2.26. The lowest BCUT2D eigenvalue weighted by Crippen LogP contribution is -2.32. The minimum Gasteiger partial charge on any atom is -0.350 e. The quantitative estimate of drug-likeness (QED) is 0.749. The Balaban J connectivity index is 1.88. The second-order valence-corrected chi connectivity index (χ2v) is 7.48. The minimum absolute atomic E-state index is 0.00991. The van der Waals surface area contributed by atoms with E-state index in [4.69, 9.17) is 0 Å². The fraction of sp³-hybridized carbons (Fsp3) is 0.412. The lowest BCUT2D eigenvalue weighted by molar-refractivity contribution is 0.0938. The minimum atomic E-state index is 0.00991. The van der Waals surface area contributed by atoms with Gasteiger partial charge in [0, 0.05) is 28.4 Å². The molecule has 2 aromatic rings. The van der Waals surface area contributed by atoms with E-state index in [0.717, 1.165) is 34.2 Å². The predicted molar refractivity (Wildman–Crippen MR) is 94.7 cm³/mol. The van der Waals surface area contributed by atoms with E-state index in [-0.39, 0.29) is 11.9 Å². The molecule has 1 N–H and O–H groups in total. The molecule has 0 aliphatic rings. The fourth-order valence-corrected chi connectivity index (χ4v) is 3.91. The Kier molecular flexibility index (Phi) is 6.46. The van der Waals surface area contributed by atoms with Gasteiger partial charge in [-0.3, -0.25) is 4.79 Å². The molecule has 1 amide bonds. The standard InChI is InChI=1S/C17H22N2OS2/c1-4-5-12(2)18-16(20)15-8-6-14(7-9-15)11-22-17-19-13(3)10-21-17/h6-10,12H,4-5,11H2,1-3H3,(H,18,20). The number of rotatable bonds is 7. The summed E-state index contributed by atoms with van der Waals surface area (Å²) in [5.74, 6) is 0.886. The van der Waals surface area contributed by atoms with Gasteiger partial charge < -0.3 is 5.32 Å². The molecule has 0 aliphatic carbocycles. The van der Waals surface area contributed by atoms with Crippen LogP contribution in [0.1, 0.15) is 48.3 Å². The number of carbonyl (C=O) groups excluding carboxylic acids is 1. The van der Waals surface area contributed by atoms with Crippen molar-refractivity contribution in [3.8, 4) is 0 Å². The van der Waals surface area contributed by atoms with Crippen LogP contribution >= 0.6 is 23.1 Å². The number of hydrogen-bond acceptors (Lipinski definition) is 4. The number of nitrogens with zero attached hydrogens (tertiary/aromatic N) is 1. The van der Waals surface area contributed by atoms with Crippen molar-refractivity contribution in [1.29, 1.82) is 0 Å². The molecule has 0 fully saturated rings. The van der Waals surface area contributed by atoms with Crippen molar-refractivity contribution in [2.45, 2.75) is 49.7 Å². The highest BCUT2D eigenvalue weighted by Gasteiger charge is 2.09. The third-order valence-electron chi connectivity index (χ3n) is 3.28. The first-order chi connectivity index (χ1) is 10.6. The SMILES string of the molecule is CCCC(C)NC(=O)c1ccc(CSc2nc(C)cs2)cc1. The summed E-state index contributed by atoms with van der Waals surface area (Å²) in [4.78, 5) is 16.5. The molecule has 1 aromatic carbocycles. The van der Waals surface area contributed by atoms with E-state index in [1.165, 1.54) is 5.56 Å². The van der Waals surface area contributed by atoms with E-state index in [9.17, 15) is 4.79 Å². The van der Waals surface area contributed by atoms with Gasteiger partial charge in [0.25, 0.3) is 5.91 Å². The van der Waals surface area contributed by atoms with Crippen LogP contribution in [0.4, 0.5) is 0 Å². The average molecular weight is 335 g/mol. The molecule has 22 heavy (non-hydrogen) atoms. The van der Waals surface area contributed by atoms with Gasteiger partial charge in [-0.1, -0.05) is 37.2 Å². The van der Waals surface area contributed by atoms with E-state index in [1.54, 1.807) is 23.1 Å². The summed E-state index contributed by atoms with van der Waals surface area (Å²) < 4.78 is 1.09. The van der Waals surface area contributed by atoms with Gasteiger partial charge in [-0.2, -0.15) is 0 Å². The molecule has 2 rings (SSSR count). The topological polar surface area (TPSA) is 42.0 Å². The van der Waals surface area contributed by atoms with Gasteiger partial charge >= 0.3 is 0 Å². The Morgan fingerprint density at radius 2 is 2.09 bits per heavy atom. The second kappa shape index (κ2) is 8.34. The normalized spacial score (nSPS) is 12.1. The zero-order chi connectivity index (χ0) is 15.9. The maximum atomic E-state index is 12.1. The van der Waals surface area contributed by atoms with E-state index in [1.807, 2.05) is 38.1 Å². The molecule has 3 nitrogen and oxygen atoms in total. The molecule has 118 valence electrons. The maximum absolute atomic E-state index is 12.1. The summed E-state index contributed by atoms with van der Waals surface area (Å²) in [6.07, 6.45) is 2.08. The maximum Gasteiger partial charge on any atom is 0.251 e. The van der Waals surface area contributed by atoms with Crippen molar-refractivity contribution in [3.05, 3.63) is 46.5 Å². The summed E-state index contributed by atoms with van der Waals surface area (Å²) in [5, 5.41) is 5.09. The van der Waals surface area contributed by atoms with Crippen LogP contribution in [-0.4, -0.2) is 16.9 Å². The molecule has 1 atom stereocenters. The van der Waals surface area contributed by atoms with E-state index >= 15 is 0 Å². The van der Waals surface area contributed by atoms with Crippen LogP contribution in [0.15, 0.2) is 34.0 Å². The Morgan fingerprint density at radius 3 is 2.68 bits per heavy atom. The Bertz CT molecular complexity index is 607. The molecular weight excluding hydrogens is 312 g/mol. The van der Waals surface area contributed by atoms with Gasteiger partial charge in [0.15, 0.2) is 0 Å². The summed E-state index contributed by atoms with van der Waals surface area (Å²) in [7, 11) is 0. The van der Waals surface area contributed by atoms with Gasteiger partial charge in [-0.25, -0.2) is 4.98 Å². The number of thioether (sulfide) groups is 1. The first-order valence-electron chi connectivity index (χ1n) is 7.53. The van der Waals surface area contributed by atoms with Crippen molar-refractivity contribution in [3.63, 3.8) is 0 Å². The molecule has 0 spiro atoms. The van der Waals surface area contributed by atoms with Gasteiger partial charge in [-0.15, -0.1) is 11.3 Å². The number of carbonyl (C=O) groups is 1. The fourth-order valence-electron chi connectivity index (χ4n) is 2.11. The number of aryl methyl sites for hydroxylation is 1. The highest BCUT2D eigenvalue weighted by molar-refractivity contribution is 8.00. The third-order valence-corrected chi connectivity index (χ3v) is 5.49. The van der Waals surface area contributed by atoms with Crippen molar-refractivity contribution in [2.24, 2.45) is 0 Å². The Morgan fingerprint density at radius 1 is 1.36 bits per heavy atom. The molecule has 0 saturated heterocycles. The van der Waals surface area contributed by atoms with Gasteiger partial charge in [-0.05, 0) is 38.0 Å². The Labute approximate surface area is 140 Å². The molecule has 1 unspecified atom stereocenters. The van der Waals surface area contributed by atoms with Crippen LogP contribution in [0, 0.1) is 6.92 Å². The van der Waals surface area contributed by atoms with Gasteiger partial charge in [0.2, 0.25) is 0 Å². The zero-order valence-corrected chi connectivity index (χ0v) is 14.9. The smallest absolute Gasteiger partial charge is 0.251 e. The molecule has 5 heteroatoms. The average Bonchev–Trinajstić information content (AvgIpc) is 2.91. The van der Waals surface area contributed by atoms with Crippen LogP contribution in [0.3, 0.4) is 0 Å². The lowest BCUT2D eigenvalue weighted by atomic mass is 10.1. The molecular formula is C17H22N2OS2. The van der Waals surface area contributed by atoms with Crippen molar-refractivity contribution in [1.82, 2.24) is 10.3 Å². The van der Waals surface area contributed by atoms with Crippen LogP contribution in [0.25, 0.3) is 0 Å². The molecule has 0 bridgehead atoms. The lowest BCUT2D eigenvalue weighted by Gasteiger charge is -2.12. The van der Waals surface area contributed by atoms with Crippen molar-refractivity contribution in [2.75, 3.05) is 0 Å². The largest absolute Gasteiger partial charge is 0.350 e. The van der Waals surface area contributed by atoms with Gasteiger partial charge in [0.1, 0.15) is 4.34 Å². The number of amides is 1. The zero-order valence-electron chi connectivity index (χ0n) is 13.3. The van der Waals surface area contributed by atoms with Crippen LogP contribution < -0.4 is 5.32 Å². The third kappa shape index (κ3) is 5.14. The van der Waals surface area contributed by atoms with Crippen LogP contribution in [0.2, 0.25) is 0 Å². The summed E-state index contributed by atoms with van der Waals surface area (Å²) >= 11 is 3.41. The summed E-state index contributed by atoms with van der Waals surface area (Å²) in [5.41, 5.74) is 3.00. The molecule has 1 aromatic heterocycles. The van der Waals surface area contributed by atoms with E-state index in [0.29, 0.717) is 0 Å². The van der Waals surface area contributed by atoms with Gasteiger partial charge in [0.05, 0.1) is 0 Å². The number of aromatic nitrogens is 1. The molecule has 1 heterocycles. The monoisotopic (exact) mass is 334 g/mol. The first kappa shape index (κ1) is 17.0. The Hall–Kier alpha value is -1.33. The number of hydrogen-bond donors (Lipinski definition) is 1. The molecule has 0 saturated carbocycles. The summed E-state index contributed by atoms with van der Waals surface area (Å²) in [6, 6.07) is 8.06. The van der Waals surface area contributed by atoms with Crippen molar-refractivity contribution >= 4 is 29.0 Å². The first-order valence-corrected chi connectivity index (χ1v) is 9.39. The summed E-state index contributed by atoms with van der Waals surface area (Å²) in [6.45, 7) is 6.18. The second-order valence-electron chi connectivity index (χ2n) is 5.40. The number of benzene rings is 1. The van der Waals surface area contributed by atoms with E-state index < -0.39 is 0 Å². The van der Waals surface area contributed by atoms with Crippen LogP contribution in [-0.2, 0) is 5.75 Å². The van der Waals surface area contributed by atoms with E-state index in [2.05, 4.69) is 22.6 Å². The highest BCUT2D eigenvalue weighted by atomic mass is 32.2. The van der Waals surface area contributed by atoms with Crippen molar-refractivity contribution < 1.29 is 4.79 Å². The van der Waals surface area contributed by atoms with Crippen LogP contribution in [0.5, 0.6) is 0 Å². The number of nitrogens with one attached hydrogen (secondary N) is 1. The predicted octanol–water partition coefficient (Wildman–Crippen LogP) is 4.66. The number of thiazole rings is 1. The molecule has 0 aliphatic heterocycles.